The van der Waals surface area contributed by atoms with Crippen LogP contribution in [0.15, 0.2) is 29.4 Å². The van der Waals surface area contributed by atoms with Gasteiger partial charge in [-0.2, -0.15) is 0 Å². The van der Waals surface area contributed by atoms with Gasteiger partial charge in [0.1, 0.15) is 9.84 Å². The van der Waals surface area contributed by atoms with Crippen LogP contribution in [0.3, 0.4) is 0 Å². The van der Waals surface area contributed by atoms with Crippen LogP contribution in [0.5, 0.6) is 0 Å². The first-order valence-electron chi connectivity index (χ1n) is 6.23. The number of oxime groups is 1. The summed E-state index contributed by atoms with van der Waals surface area (Å²) in [5.41, 5.74) is 1.36. The SMILES string of the molecule is CS(=O)(=O)CCS(=O)(=O)N1CCC(=NO)c2ccccc21. The summed E-state index contributed by atoms with van der Waals surface area (Å²) in [6.45, 7) is 0.127. The molecule has 1 N–H and O–H groups in total. The number of rotatable bonds is 4. The Labute approximate surface area is 123 Å². The maximum atomic E-state index is 12.3. The highest BCUT2D eigenvalue weighted by Crippen LogP contribution is 2.29. The minimum Gasteiger partial charge on any atom is -0.411 e. The third-order valence-corrected chi connectivity index (χ3v) is 6.18. The molecule has 1 aromatic rings. The molecule has 0 bridgehead atoms. The van der Waals surface area contributed by atoms with Crippen molar-refractivity contribution >= 4 is 31.3 Å². The Morgan fingerprint density at radius 2 is 1.86 bits per heavy atom. The Balaban J connectivity index is 2.37. The second kappa shape index (κ2) is 5.64. The van der Waals surface area contributed by atoms with Crippen LogP contribution in [0.25, 0.3) is 0 Å². The van der Waals surface area contributed by atoms with Crippen LogP contribution in [-0.2, 0) is 19.9 Å². The molecule has 0 fully saturated rings. The van der Waals surface area contributed by atoms with Gasteiger partial charge in [-0.15, -0.1) is 0 Å². The molecule has 0 saturated heterocycles. The molecule has 0 radical (unpaired) electrons. The van der Waals surface area contributed by atoms with Gasteiger partial charge in [0.2, 0.25) is 10.0 Å². The molecule has 0 saturated carbocycles. The monoisotopic (exact) mass is 332 g/mol. The Kier molecular flexibility index (Phi) is 4.24. The molecule has 7 nitrogen and oxygen atoms in total. The molecule has 0 amide bonds. The van der Waals surface area contributed by atoms with Crippen molar-refractivity contribution < 1.29 is 22.0 Å². The number of para-hydroxylation sites is 1. The van der Waals surface area contributed by atoms with Crippen LogP contribution >= 0.6 is 0 Å². The molecule has 2 rings (SSSR count). The van der Waals surface area contributed by atoms with E-state index in [-0.39, 0.29) is 13.0 Å². The summed E-state index contributed by atoms with van der Waals surface area (Å²) in [4.78, 5) is 0. The van der Waals surface area contributed by atoms with Crippen molar-refractivity contribution in [3.05, 3.63) is 29.8 Å². The van der Waals surface area contributed by atoms with Gasteiger partial charge in [-0.3, -0.25) is 4.31 Å². The Morgan fingerprint density at radius 3 is 2.48 bits per heavy atom. The van der Waals surface area contributed by atoms with Gasteiger partial charge in [-0.25, -0.2) is 16.8 Å². The van der Waals surface area contributed by atoms with Crippen LogP contribution in [-0.4, -0.2) is 52.1 Å². The summed E-state index contributed by atoms with van der Waals surface area (Å²) in [7, 11) is -7.10. The van der Waals surface area contributed by atoms with Crippen LogP contribution in [0.4, 0.5) is 5.69 Å². The van der Waals surface area contributed by atoms with Crippen molar-refractivity contribution in [2.24, 2.45) is 5.16 Å². The van der Waals surface area contributed by atoms with E-state index in [1.54, 1.807) is 24.3 Å². The van der Waals surface area contributed by atoms with Crippen molar-refractivity contribution in [3.8, 4) is 0 Å². The Hall–Kier alpha value is -1.61. The van der Waals surface area contributed by atoms with E-state index in [0.29, 0.717) is 17.0 Å². The van der Waals surface area contributed by atoms with Gasteiger partial charge in [-0.05, 0) is 6.07 Å². The van der Waals surface area contributed by atoms with E-state index >= 15 is 0 Å². The highest BCUT2D eigenvalue weighted by molar-refractivity contribution is 7.95. The Morgan fingerprint density at radius 1 is 1.19 bits per heavy atom. The molecule has 1 heterocycles. The van der Waals surface area contributed by atoms with Gasteiger partial charge in [0.25, 0.3) is 0 Å². The van der Waals surface area contributed by atoms with E-state index in [2.05, 4.69) is 5.16 Å². The third kappa shape index (κ3) is 3.53. The number of hydrogen-bond acceptors (Lipinski definition) is 6. The van der Waals surface area contributed by atoms with Crippen LogP contribution in [0.1, 0.15) is 12.0 Å². The number of benzene rings is 1. The molecule has 0 aromatic heterocycles. The fourth-order valence-corrected chi connectivity index (χ4v) is 5.26. The quantitative estimate of drug-likeness (QED) is 0.637. The predicted octanol–water partition coefficient (Wildman–Crippen LogP) is 0.449. The minimum atomic E-state index is -3.74. The van der Waals surface area contributed by atoms with E-state index in [4.69, 9.17) is 5.21 Å². The molecule has 9 heteroatoms. The highest BCUT2D eigenvalue weighted by atomic mass is 32.2. The molecule has 1 aromatic carbocycles. The Bertz CT molecular complexity index is 769. The number of sulfone groups is 1. The lowest BCUT2D eigenvalue weighted by Gasteiger charge is -2.30. The van der Waals surface area contributed by atoms with Crippen LogP contribution in [0, 0.1) is 0 Å². The fourth-order valence-electron chi connectivity index (χ4n) is 2.16. The van der Waals surface area contributed by atoms with Crippen molar-refractivity contribution in [2.45, 2.75) is 6.42 Å². The van der Waals surface area contributed by atoms with Gasteiger partial charge in [-0.1, -0.05) is 23.4 Å². The van der Waals surface area contributed by atoms with Gasteiger partial charge < -0.3 is 5.21 Å². The lowest BCUT2D eigenvalue weighted by atomic mass is 10.0. The summed E-state index contributed by atoms with van der Waals surface area (Å²) < 4.78 is 48.2. The molecular formula is C12H16N2O5S2. The predicted molar refractivity (Wildman–Crippen MR) is 80.2 cm³/mol. The first-order chi connectivity index (χ1) is 9.74. The molecule has 0 unspecified atom stereocenters. The highest BCUT2D eigenvalue weighted by Gasteiger charge is 2.30. The van der Waals surface area contributed by atoms with Gasteiger partial charge in [0.05, 0.1) is 22.9 Å². The molecule has 116 valence electrons. The smallest absolute Gasteiger partial charge is 0.236 e. The zero-order valence-electron chi connectivity index (χ0n) is 11.4. The van der Waals surface area contributed by atoms with Gasteiger partial charge >= 0.3 is 0 Å². The number of hydrogen-bond donors (Lipinski definition) is 1. The minimum absolute atomic E-state index is 0.127. The number of nitrogens with zero attached hydrogens (tertiary/aromatic N) is 2. The van der Waals surface area contributed by atoms with Gasteiger partial charge in [0.15, 0.2) is 0 Å². The van der Waals surface area contributed by atoms with Crippen molar-refractivity contribution in [1.82, 2.24) is 0 Å². The maximum Gasteiger partial charge on any atom is 0.236 e. The van der Waals surface area contributed by atoms with E-state index in [1.165, 1.54) is 4.31 Å². The van der Waals surface area contributed by atoms with Crippen molar-refractivity contribution in [2.75, 3.05) is 28.6 Å². The van der Waals surface area contributed by atoms with Crippen LogP contribution < -0.4 is 4.31 Å². The summed E-state index contributed by atoms with van der Waals surface area (Å²) in [6, 6.07) is 6.68. The second-order valence-electron chi connectivity index (χ2n) is 4.83. The normalized spacial score (nSPS) is 17.8. The summed E-state index contributed by atoms with van der Waals surface area (Å²) in [5.74, 6) is -0.888. The third-order valence-electron chi connectivity index (χ3n) is 3.20. The summed E-state index contributed by atoms with van der Waals surface area (Å²) >= 11 is 0. The number of fused-ring (bicyclic) bond motifs is 1. The zero-order valence-corrected chi connectivity index (χ0v) is 13.1. The molecule has 1 aliphatic heterocycles. The number of sulfonamides is 1. The molecule has 1 aliphatic rings. The van der Waals surface area contributed by atoms with Gasteiger partial charge in [0, 0.05) is 24.8 Å². The lowest BCUT2D eigenvalue weighted by molar-refractivity contribution is 0.318. The summed E-state index contributed by atoms with van der Waals surface area (Å²) in [6.07, 6.45) is 1.27. The lowest BCUT2D eigenvalue weighted by Crippen LogP contribution is -2.40. The molecule has 0 aliphatic carbocycles. The first kappa shape index (κ1) is 15.8. The average Bonchev–Trinajstić information content (AvgIpc) is 2.43. The van der Waals surface area contributed by atoms with E-state index in [9.17, 15) is 16.8 Å². The summed E-state index contributed by atoms with van der Waals surface area (Å²) in [5, 5.41) is 12.2. The maximum absolute atomic E-state index is 12.3. The second-order valence-corrected chi connectivity index (χ2v) is 9.10. The average molecular weight is 332 g/mol. The fraction of sp³-hybridized carbons (Fsp3) is 0.417. The van der Waals surface area contributed by atoms with E-state index in [0.717, 1.165) is 6.26 Å². The zero-order chi connectivity index (χ0) is 15.7. The topological polar surface area (TPSA) is 104 Å². The van der Waals surface area contributed by atoms with E-state index in [1.807, 2.05) is 0 Å². The molecule has 0 spiro atoms. The molecule has 0 atom stereocenters. The molecule has 21 heavy (non-hydrogen) atoms. The molecular weight excluding hydrogens is 316 g/mol. The van der Waals surface area contributed by atoms with Crippen molar-refractivity contribution in [1.29, 1.82) is 0 Å². The van der Waals surface area contributed by atoms with Crippen LogP contribution in [0.2, 0.25) is 0 Å². The van der Waals surface area contributed by atoms with E-state index < -0.39 is 31.4 Å². The first-order valence-corrected chi connectivity index (χ1v) is 9.90. The van der Waals surface area contributed by atoms with Crippen molar-refractivity contribution in [3.63, 3.8) is 0 Å². The largest absolute Gasteiger partial charge is 0.411 e. The standard InChI is InChI=1S/C12H16N2O5S2/c1-20(16,17)8-9-21(18,19)14-7-6-11(13-15)10-4-2-3-5-12(10)14/h2-5,15H,6-9H2,1H3. The number of anilines is 1.